The van der Waals surface area contributed by atoms with Gasteiger partial charge in [-0.05, 0) is 78.5 Å². The summed E-state index contributed by atoms with van der Waals surface area (Å²) in [4.78, 5) is 37.3. The van der Waals surface area contributed by atoms with Gasteiger partial charge in [0.15, 0.2) is 17.3 Å². The maximum absolute atomic E-state index is 12.5. The summed E-state index contributed by atoms with van der Waals surface area (Å²) in [6.07, 6.45) is 3.11. The van der Waals surface area contributed by atoms with Gasteiger partial charge in [0.1, 0.15) is 0 Å². The summed E-state index contributed by atoms with van der Waals surface area (Å²) in [5, 5.41) is 3.15. The number of ether oxygens (including phenoxy) is 2. The molecule has 0 aliphatic heterocycles. The van der Waals surface area contributed by atoms with Gasteiger partial charge in [-0.3, -0.25) is 14.4 Å². The third-order valence-corrected chi connectivity index (χ3v) is 5.44. The van der Waals surface area contributed by atoms with Crippen molar-refractivity contribution in [1.82, 2.24) is 5.32 Å². The normalized spacial score (nSPS) is 18.9. The summed E-state index contributed by atoms with van der Waals surface area (Å²) in [7, 11) is 0. The summed E-state index contributed by atoms with van der Waals surface area (Å²) in [6, 6.07) is 4.63. The number of rotatable bonds is 7. The largest absolute Gasteiger partial charge is 0.422 e. The zero-order chi connectivity index (χ0) is 20.7. The van der Waals surface area contributed by atoms with Crippen LogP contribution in [0.5, 0.6) is 11.5 Å². The van der Waals surface area contributed by atoms with Crippen LogP contribution in [0.4, 0.5) is 0 Å². The van der Waals surface area contributed by atoms with Gasteiger partial charge in [0.25, 0.3) is 0 Å². The second-order valence-corrected chi connectivity index (χ2v) is 9.59. The fourth-order valence-corrected chi connectivity index (χ4v) is 2.52. The summed E-state index contributed by atoms with van der Waals surface area (Å²) < 4.78 is 11.1. The smallest absolute Gasteiger partial charge is 0.317 e. The lowest BCUT2D eigenvalue weighted by Crippen LogP contribution is -2.39. The van der Waals surface area contributed by atoms with Crippen LogP contribution in [-0.4, -0.2) is 29.8 Å². The molecule has 0 spiro atoms. The van der Waals surface area contributed by atoms with Crippen LogP contribution in [0.2, 0.25) is 0 Å². The van der Waals surface area contributed by atoms with E-state index in [4.69, 9.17) is 9.47 Å². The molecular formula is C22H29NO5. The summed E-state index contributed by atoms with van der Waals surface area (Å²) in [5.41, 5.74) is -0.745. The molecule has 0 atom stereocenters. The van der Waals surface area contributed by atoms with E-state index >= 15 is 0 Å². The van der Waals surface area contributed by atoms with Crippen LogP contribution in [0, 0.1) is 10.8 Å². The van der Waals surface area contributed by atoms with Crippen molar-refractivity contribution in [3.05, 3.63) is 23.8 Å². The van der Waals surface area contributed by atoms with Crippen LogP contribution in [0.25, 0.3) is 0 Å². The van der Waals surface area contributed by atoms with Crippen molar-refractivity contribution in [2.24, 2.45) is 10.8 Å². The van der Waals surface area contributed by atoms with Crippen LogP contribution < -0.4 is 14.8 Å². The van der Waals surface area contributed by atoms with Crippen molar-refractivity contribution >= 4 is 17.7 Å². The molecule has 0 heterocycles. The Morgan fingerprint density at radius 1 is 0.929 bits per heavy atom. The number of Topliss-reactive ketones (excluding diaryl/α,β-unsaturated/α-hetero) is 1. The first-order valence-electron chi connectivity index (χ1n) is 9.79. The SMILES string of the molecule is CC(C)(C)NCC(=O)c1ccc(OC(=O)C2(C)CC2)c(OC(=O)C2(C)CC2)c1. The summed E-state index contributed by atoms with van der Waals surface area (Å²) >= 11 is 0. The van der Waals surface area contributed by atoms with Gasteiger partial charge in [0.05, 0.1) is 17.4 Å². The van der Waals surface area contributed by atoms with E-state index < -0.39 is 10.8 Å². The Hall–Kier alpha value is -2.21. The zero-order valence-corrected chi connectivity index (χ0v) is 17.3. The molecule has 152 valence electrons. The predicted octanol–water partition coefficient (Wildman–Crippen LogP) is 3.67. The van der Waals surface area contributed by atoms with E-state index in [1.807, 2.05) is 34.6 Å². The van der Waals surface area contributed by atoms with Crippen molar-refractivity contribution in [2.75, 3.05) is 6.54 Å². The third-order valence-electron chi connectivity index (χ3n) is 5.44. The van der Waals surface area contributed by atoms with Crippen molar-refractivity contribution < 1.29 is 23.9 Å². The first-order chi connectivity index (χ1) is 12.9. The van der Waals surface area contributed by atoms with E-state index in [9.17, 15) is 14.4 Å². The highest BCUT2D eigenvalue weighted by atomic mass is 16.6. The van der Waals surface area contributed by atoms with E-state index in [-0.39, 0.29) is 41.3 Å². The number of ketones is 1. The molecule has 1 N–H and O–H groups in total. The van der Waals surface area contributed by atoms with Crippen molar-refractivity contribution in [2.45, 2.75) is 65.8 Å². The van der Waals surface area contributed by atoms with Gasteiger partial charge in [-0.1, -0.05) is 0 Å². The minimum absolute atomic E-state index is 0.123. The van der Waals surface area contributed by atoms with Gasteiger partial charge in [0, 0.05) is 11.1 Å². The van der Waals surface area contributed by atoms with Crippen LogP contribution >= 0.6 is 0 Å². The van der Waals surface area contributed by atoms with Gasteiger partial charge < -0.3 is 14.8 Å². The first-order valence-corrected chi connectivity index (χ1v) is 9.79. The summed E-state index contributed by atoms with van der Waals surface area (Å²) in [6.45, 7) is 9.78. The molecule has 1 aromatic carbocycles. The topological polar surface area (TPSA) is 81.7 Å². The average molecular weight is 387 g/mol. The molecule has 2 aliphatic carbocycles. The fourth-order valence-electron chi connectivity index (χ4n) is 2.52. The number of carbonyl (C=O) groups excluding carboxylic acids is 3. The molecule has 0 saturated heterocycles. The van der Waals surface area contributed by atoms with Gasteiger partial charge >= 0.3 is 11.9 Å². The number of benzene rings is 1. The molecule has 2 saturated carbocycles. The highest BCUT2D eigenvalue weighted by molar-refractivity contribution is 5.98. The third kappa shape index (κ3) is 4.79. The molecule has 0 aromatic heterocycles. The van der Waals surface area contributed by atoms with Crippen LogP contribution in [0.15, 0.2) is 18.2 Å². The van der Waals surface area contributed by atoms with E-state index in [2.05, 4.69) is 5.32 Å². The number of nitrogens with one attached hydrogen (secondary N) is 1. The van der Waals surface area contributed by atoms with Crippen molar-refractivity contribution in [3.8, 4) is 11.5 Å². The Kier molecular flexibility index (Phi) is 5.13. The van der Waals surface area contributed by atoms with Crippen LogP contribution in [-0.2, 0) is 9.59 Å². The second-order valence-electron chi connectivity index (χ2n) is 9.59. The predicted molar refractivity (Wildman–Crippen MR) is 104 cm³/mol. The Morgan fingerprint density at radius 3 is 1.89 bits per heavy atom. The van der Waals surface area contributed by atoms with E-state index in [0.29, 0.717) is 5.56 Å². The number of carbonyl (C=O) groups is 3. The molecule has 2 fully saturated rings. The highest BCUT2D eigenvalue weighted by Gasteiger charge is 2.48. The lowest BCUT2D eigenvalue weighted by Gasteiger charge is -2.20. The van der Waals surface area contributed by atoms with E-state index in [0.717, 1.165) is 25.7 Å². The highest BCUT2D eigenvalue weighted by Crippen LogP contribution is 2.48. The number of hydrogen-bond donors (Lipinski definition) is 1. The molecular weight excluding hydrogens is 358 g/mol. The average Bonchev–Trinajstić information content (AvgIpc) is 3.53. The van der Waals surface area contributed by atoms with Crippen molar-refractivity contribution in [1.29, 1.82) is 0 Å². The monoisotopic (exact) mass is 387 g/mol. The molecule has 0 unspecified atom stereocenters. The molecule has 6 heteroatoms. The van der Waals surface area contributed by atoms with Crippen molar-refractivity contribution in [3.63, 3.8) is 0 Å². The van der Waals surface area contributed by atoms with Gasteiger partial charge in [-0.15, -0.1) is 0 Å². The molecule has 6 nitrogen and oxygen atoms in total. The van der Waals surface area contributed by atoms with Crippen LogP contribution in [0.3, 0.4) is 0 Å². The lowest BCUT2D eigenvalue weighted by molar-refractivity contribution is -0.142. The zero-order valence-electron chi connectivity index (χ0n) is 17.3. The molecule has 28 heavy (non-hydrogen) atoms. The van der Waals surface area contributed by atoms with Gasteiger partial charge in [-0.25, -0.2) is 0 Å². The number of hydrogen-bond acceptors (Lipinski definition) is 6. The quantitative estimate of drug-likeness (QED) is 0.437. The first kappa shape index (κ1) is 20.5. The van der Waals surface area contributed by atoms with Gasteiger partial charge in [-0.2, -0.15) is 0 Å². The van der Waals surface area contributed by atoms with E-state index in [1.54, 1.807) is 6.07 Å². The minimum Gasteiger partial charge on any atom is -0.422 e. The minimum atomic E-state index is -0.489. The molecule has 2 aliphatic rings. The fraction of sp³-hybridized carbons (Fsp3) is 0.591. The Morgan fingerprint density at radius 2 is 1.43 bits per heavy atom. The Bertz CT molecular complexity index is 813. The maximum Gasteiger partial charge on any atom is 0.317 e. The Labute approximate surface area is 166 Å². The molecule has 3 rings (SSSR count). The molecule has 0 amide bonds. The van der Waals surface area contributed by atoms with Crippen LogP contribution in [0.1, 0.15) is 70.7 Å². The lowest BCUT2D eigenvalue weighted by atomic mass is 10.1. The molecule has 1 aromatic rings. The second kappa shape index (κ2) is 6.99. The summed E-state index contributed by atoms with van der Waals surface area (Å²) in [5.74, 6) is -0.527. The number of esters is 2. The molecule has 0 bridgehead atoms. The standard InChI is InChI=1S/C22H29NO5/c1-20(2,3)23-13-15(24)14-6-7-16(27-18(25)21(4)8-9-21)17(12-14)28-19(26)22(5)10-11-22/h6-7,12,23H,8-11,13H2,1-5H3. The van der Waals surface area contributed by atoms with E-state index in [1.165, 1.54) is 12.1 Å². The van der Waals surface area contributed by atoms with Gasteiger partial charge in [0.2, 0.25) is 0 Å². The maximum atomic E-state index is 12.5. The Balaban J connectivity index is 1.81. The molecule has 0 radical (unpaired) electrons.